The predicted molar refractivity (Wildman–Crippen MR) is 488 cm³/mol. The van der Waals surface area contributed by atoms with Crippen molar-refractivity contribution in [3.63, 3.8) is 0 Å². The van der Waals surface area contributed by atoms with Crippen LogP contribution < -0.4 is 55.8 Å². The van der Waals surface area contributed by atoms with E-state index in [1.54, 1.807) is 184 Å². The molecule has 0 aliphatic heterocycles. The van der Waals surface area contributed by atoms with Crippen LogP contribution in [0.2, 0.25) is 0 Å². The van der Waals surface area contributed by atoms with Crippen molar-refractivity contribution in [3.8, 4) is 18.1 Å². The van der Waals surface area contributed by atoms with E-state index in [9.17, 15) is 32.8 Å². The van der Waals surface area contributed by atoms with Gasteiger partial charge in [-0.05, 0) is 191 Å². The van der Waals surface area contributed by atoms with Gasteiger partial charge in [-0.1, -0.05) is 89.3 Å². The fraction of sp³-hybridized carbons (Fsp3) is 0.103. The van der Waals surface area contributed by atoms with Crippen molar-refractivity contribution in [1.29, 1.82) is 0 Å². The summed E-state index contributed by atoms with van der Waals surface area (Å²) in [6.45, 7) is 8.58. The van der Waals surface area contributed by atoms with Gasteiger partial charge in [0.2, 0.25) is 0 Å². The van der Waals surface area contributed by atoms with Gasteiger partial charge >= 0.3 is 0 Å². The lowest BCUT2D eigenvalue weighted by Crippen LogP contribution is -2.17. The van der Waals surface area contributed by atoms with E-state index in [0.717, 1.165) is 63.0 Å². The monoisotopic (exact) mass is 1670 g/mol. The van der Waals surface area contributed by atoms with Gasteiger partial charge in [0.15, 0.2) is 0 Å². The number of hydrogen-bond acceptors (Lipinski definition) is 21. The summed E-state index contributed by atoms with van der Waals surface area (Å²) in [5.41, 5.74) is 17.3. The van der Waals surface area contributed by atoms with Crippen LogP contribution in [0, 0.1) is 44.7 Å². The van der Waals surface area contributed by atoms with Gasteiger partial charge in [0.05, 0.1) is 97.5 Å². The molecule has 0 aliphatic rings. The Morgan fingerprint density at radius 3 is 0.936 bits per heavy atom. The molecule has 15 aromatic rings. The SMILES string of the molecule is C#Cc1cccc(C(=O)Nc2cccc(N(CC)c3cncnc3)c2)c1.COc1cccc(C(=O)Nc2cccc(N(C)c3cncnc3)c2)c1.Cc1cccc(C(=O)Nc2cc(F)cc(N(C)c3cncnc3)c2)c1.Cc1cccc(C(=O)Nc2cc(F)cc(N(C)c3cncnc3)c2)c1.Cc1cccc(C(=O)Nc2cccc(N(C)c3cncnc3)c2)c1. The number of amides is 5. The minimum Gasteiger partial charge on any atom is -0.497 e. The maximum absolute atomic E-state index is 14.0. The highest BCUT2D eigenvalue weighted by atomic mass is 19.1. The van der Waals surface area contributed by atoms with Crippen LogP contribution in [0.25, 0.3) is 0 Å². The van der Waals surface area contributed by atoms with Gasteiger partial charge in [-0.25, -0.2) is 58.6 Å². The van der Waals surface area contributed by atoms with Gasteiger partial charge in [0.25, 0.3) is 29.5 Å². The summed E-state index contributed by atoms with van der Waals surface area (Å²) in [6.07, 6.45) is 29.7. The highest BCUT2D eigenvalue weighted by molar-refractivity contribution is 6.08. The molecule has 125 heavy (non-hydrogen) atoms. The summed E-state index contributed by atoms with van der Waals surface area (Å²) in [7, 11) is 8.98. The van der Waals surface area contributed by atoms with E-state index >= 15 is 0 Å². The average molecular weight is 1670 g/mol. The Bertz CT molecular complexity index is 6050. The molecule has 0 bridgehead atoms. The largest absolute Gasteiger partial charge is 0.497 e. The fourth-order valence-electron chi connectivity index (χ4n) is 12.3. The van der Waals surface area contributed by atoms with E-state index in [1.165, 1.54) is 55.9 Å². The molecule has 5 amide bonds. The standard InChI is InChI=1S/C21H18N4O.2C19H17FN4O.C19H18N4O2.C19H18N4O/c1-3-16-7-5-8-17(11-16)21(26)24-18-9-6-10-19(12-18)25(4-2)20-13-22-15-23-14-20;2*1-13-4-3-5-14(6-13)19(25)23-16-7-15(20)8-17(9-16)24(2)18-10-21-12-22-11-18;1-23(17-11-20-13-21-12-17)16-7-4-6-15(10-16)22-19(24)14-5-3-8-18(9-14)25-2;1-14-5-3-6-15(9-14)19(24)22-16-7-4-8-17(10-16)23(2)18-11-20-13-21-12-18/h1,5-15H,4H2,2H3,(H,24,26);2*3-12H,1-2H3,(H,23,25);3-13H,1-2H3,(H,22,24);3-13H,1-2H3,(H,22,24). The second-order valence-corrected chi connectivity index (χ2v) is 27.8. The van der Waals surface area contributed by atoms with Crippen molar-refractivity contribution in [2.75, 3.05) is 92.9 Å². The normalized spacial score (nSPS) is 10.2. The first kappa shape index (κ1) is 89.0. The Kier molecular flexibility index (Phi) is 31.5. The molecule has 15 rings (SSSR count). The van der Waals surface area contributed by atoms with E-state index < -0.39 is 11.6 Å². The molecule has 0 atom stereocenters. The fourth-order valence-corrected chi connectivity index (χ4v) is 12.3. The van der Waals surface area contributed by atoms with E-state index in [4.69, 9.17) is 11.2 Å². The summed E-state index contributed by atoms with van der Waals surface area (Å²) < 4.78 is 33.2. The number of benzene rings is 10. The lowest BCUT2D eigenvalue weighted by atomic mass is 10.1. The Morgan fingerprint density at radius 2 is 0.600 bits per heavy atom. The van der Waals surface area contributed by atoms with Crippen molar-refractivity contribution in [2.24, 2.45) is 0 Å². The number of ether oxygens (including phenoxy) is 1. The van der Waals surface area contributed by atoms with Crippen LogP contribution >= 0.6 is 0 Å². The first-order valence-corrected chi connectivity index (χ1v) is 38.9. The Labute approximate surface area is 722 Å². The van der Waals surface area contributed by atoms with E-state index in [-0.39, 0.29) is 29.5 Å². The van der Waals surface area contributed by atoms with Crippen LogP contribution in [-0.2, 0) is 0 Å². The van der Waals surface area contributed by atoms with E-state index in [1.807, 2.05) is 167 Å². The molecule has 0 spiro atoms. The number of nitrogens with zero attached hydrogens (tertiary/aromatic N) is 15. The maximum atomic E-state index is 14.0. The lowest BCUT2D eigenvalue weighted by Gasteiger charge is -2.23. The zero-order valence-electron chi connectivity index (χ0n) is 69.8. The molecule has 5 heterocycles. The number of nitrogens with one attached hydrogen (secondary N) is 5. The number of hydrogen-bond donors (Lipinski definition) is 5. The molecule has 0 saturated heterocycles. The van der Waals surface area contributed by atoms with Crippen LogP contribution in [0.4, 0.5) is 94.1 Å². The molecule has 626 valence electrons. The van der Waals surface area contributed by atoms with Crippen LogP contribution in [0.1, 0.15) is 81.0 Å². The molecular formula is C97H88F2N20O6. The Morgan fingerprint density at radius 1 is 0.320 bits per heavy atom. The van der Waals surface area contributed by atoms with E-state index in [2.05, 4.69) is 87.2 Å². The Balaban J connectivity index is 0.000000152. The number of anilines is 15. The number of rotatable bonds is 22. The smallest absolute Gasteiger partial charge is 0.255 e. The van der Waals surface area contributed by atoms with Crippen LogP contribution in [-0.4, -0.2) is 121 Å². The molecule has 0 fully saturated rings. The summed E-state index contributed by atoms with van der Waals surface area (Å²) in [6, 6.07) is 67.6. The number of terminal acetylenes is 1. The molecule has 26 nitrogen and oxygen atoms in total. The van der Waals surface area contributed by atoms with Gasteiger partial charge in [-0.3, -0.25) is 24.0 Å². The summed E-state index contributed by atoms with van der Waals surface area (Å²) in [5.74, 6) is 1.20. The molecule has 5 N–H and O–H groups in total. The molecule has 28 heteroatoms. The van der Waals surface area contributed by atoms with E-state index in [0.29, 0.717) is 84.6 Å². The second kappa shape index (κ2) is 44.3. The van der Waals surface area contributed by atoms with Crippen LogP contribution in [0.3, 0.4) is 0 Å². The van der Waals surface area contributed by atoms with Gasteiger partial charge in [-0.15, -0.1) is 6.42 Å². The van der Waals surface area contributed by atoms with Gasteiger partial charge < -0.3 is 55.8 Å². The molecular weight excluding hydrogens is 1580 g/mol. The van der Waals surface area contributed by atoms with Crippen molar-refractivity contribution in [1.82, 2.24) is 49.8 Å². The second-order valence-electron chi connectivity index (χ2n) is 27.8. The molecule has 0 saturated carbocycles. The Hall–Kier alpha value is -16.8. The zero-order chi connectivity index (χ0) is 88.6. The number of aryl methyl sites for hydroxylation is 3. The molecule has 0 radical (unpaired) electrons. The highest BCUT2D eigenvalue weighted by Crippen LogP contribution is 2.33. The minimum absolute atomic E-state index is 0.124. The maximum Gasteiger partial charge on any atom is 0.255 e. The summed E-state index contributed by atoms with van der Waals surface area (Å²) >= 11 is 0. The number of carbonyl (C=O) groups is 5. The first-order valence-electron chi connectivity index (χ1n) is 38.9. The molecule has 0 aliphatic carbocycles. The number of carbonyl (C=O) groups excluding carboxylic acids is 5. The number of aromatic nitrogens is 10. The number of methoxy groups -OCH3 is 1. The topological polar surface area (TPSA) is 300 Å². The summed E-state index contributed by atoms with van der Waals surface area (Å²) in [4.78, 5) is 112. The van der Waals surface area contributed by atoms with Crippen molar-refractivity contribution in [3.05, 3.63) is 386 Å². The number of halogens is 2. The van der Waals surface area contributed by atoms with Crippen LogP contribution in [0.15, 0.2) is 324 Å². The molecule has 0 unspecified atom stereocenters. The highest BCUT2D eigenvalue weighted by Gasteiger charge is 2.18. The van der Waals surface area contributed by atoms with Crippen molar-refractivity contribution >= 4 is 115 Å². The lowest BCUT2D eigenvalue weighted by molar-refractivity contribution is 0.101. The minimum atomic E-state index is -0.444. The third-order valence-corrected chi connectivity index (χ3v) is 18.8. The average Bonchev–Trinajstić information content (AvgIpc) is 0.852. The molecule has 5 aromatic heterocycles. The van der Waals surface area contributed by atoms with Gasteiger partial charge in [-0.2, -0.15) is 0 Å². The quantitative estimate of drug-likeness (QED) is 0.0394. The van der Waals surface area contributed by atoms with Crippen LogP contribution in [0.5, 0.6) is 5.75 Å². The predicted octanol–water partition coefficient (Wildman–Crippen LogP) is 19.1. The molecule has 10 aromatic carbocycles. The third kappa shape index (κ3) is 26.1. The van der Waals surface area contributed by atoms with Crippen molar-refractivity contribution in [2.45, 2.75) is 27.7 Å². The third-order valence-electron chi connectivity index (χ3n) is 18.8. The van der Waals surface area contributed by atoms with Gasteiger partial charge in [0.1, 0.15) is 49.0 Å². The summed E-state index contributed by atoms with van der Waals surface area (Å²) in [5, 5.41) is 14.2. The first-order chi connectivity index (χ1) is 60.6. The van der Waals surface area contributed by atoms with Crippen molar-refractivity contribution < 1.29 is 37.5 Å². The van der Waals surface area contributed by atoms with Gasteiger partial charge in [0, 0.05) is 125 Å². The zero-order valence-corrected chi connectivity index (χ0v) is 69.8.